The number of hydrogen-bond acceptors (Lipinski definition) is 6. The molecule has 2 heterocycles. The van der Waals surface area contributed by atoms with Crippen LogP contribution in [0.5, 0.6) is 5.75 Å². The maximum Gasteiger partial charge on any atom is 0.338 e. The van der Waals surface area contributed by atoms with Crippen LogP contribution in [0.1, 0.15) is 31.0 Å². The lowest BCUT2D eigenvalue weighted by molar-refractivity contribution is -0.136. The van der Waals surface area contributed by atoms with Gasteiger partial charge in [0, 0.05) is 0 Å². The van der Waals surface area contributed by atoms with Crippen molar-refractivity contribution in [3.63, 3.8) is 0 Å². The van der Waals surface area contributed by atoms with Gasteiger partial charge >= 0.3 is 5.97 Å². The summed E-state index contributed by atoms with van der Waals surface area (Å²) in [4.78, 5) is 31.2. The van der Waals surface area contributed by atoms with Gasteiger partial charge in [-0.3, -0.25) is 9.36 Å². The van der Waals surface area contributed by atoms with Crippen LogP contribution in [0, 0.1) is 0 Å². The molecular formula is C24H22N2O4S. The van der Waals surface area contributed by atoms with Crippen LogP contribution in [0.25, 0.3) is 6.08 Å². The summed E-state index contributed by atoms with van der Waals surface area (Å²) in [6.45, 7) is 4.26. The number of ether oxygens (including phenoxy) is 2. The van der Waals surface area contributed by atoms with Crippen LogP contribution in [0.4, 0.5) is 0 Å². The van der Waals surface area contributed by atoms with Crippen LogP contribution < -0.4 is 19.6 Å². The van der Waals surface area contributed by atoms with Crippen molar-refractivity contribution in [2.24, 2.45) is 4.99 Å². The van der Waals surface area contributed by atoms with Gasteiger partial charge in [-0.2, -0.15) is 0 Å². The van der Waals surface area contributed by atoms with Gasteiger partial charge in [-0.05, 0) is 43.2 Å². The minimum absolute atomic E-state index is 0.201. The summed E-state index contributed by atoms with van der Waals surface area (Å²) in [6.07, 6.45) is 1.82. The Balaban J connectivity index is 1.92. The molecule has 2 aromatic carbocycles. The first kappa shape index (κ1) is 20.8. The number of benzene rings is 2. The molecular weight excluding hydrogens is 412 g/mol. The van der Waals surface area contributed by atoms with E-state index >= 15 is 0 Å². The maximum atomic E-state index is 13.5. The molecule has 0 N–H and O–H groups in total. The van der Waals surface area contributed by atoms with Crippen molar-refractivity contribution in [2.45, 2.75) is 19.9 Å². The number of rotatable bonds is 5. The largest absolute Gasteiger partial charge is 0.494 e. The smallest absolute Gasteiger partial charge is 0.338 e. The van der Waals surface area contributed by atoms with Gasteiger partial charge in [0.05, 0.1) is 35.6 Å². The molecule has 0 radical (unpaired) electrons. The molecule has 0 saturated heterocycles. The van der Waals surface area contributed by atoms with Gasteiger partial charge in [0.1, 0.15) is 5.75 Å². The molecule has 158 valence electrons. The number of thiazole rings is 1. The summed E-state index contributed by atoms with van der Waals surface area (Å²) in [6, 6.07) is 16.4. The Kier molecular flexibility index (Phi) is 5.86. The van der Waals surface area contributed by atoms with Gasteiger partial charge < -0.3 is 9.47 Å². The predicted octanol–water partition coefficient (Wildman–Crippen LogP) is 2.81. The first-order chi connectivity index (χ1) is 15.0. The molecule has 3 aromatic rings. The Labute approximate surface area is 183 Å². The predicted molar refractivity (Wildman–Crippen MR) is 120 cm³/mol. The Morgan fingerprint density at radius 1 is 1.19 bits per heavy atom. The lowest BCUT2D eigenvalue weighted by Crippen LogP contribution is -2.39. The summed E-state index contributed by atoms with van der Waals surface area (Å²) in [7, 11) is 1.33. The summed E-state index contributed by atoms with van der Waals surface area (Å²) in [5, 5.41) is 0. The van der Waals surface area contributed by atoms with E-state index in [0.717, 1.165) is 16.9 Å². The zero-order chi connectivity index (χ0) is 22.0. The first-order valence-electron chi connectivity index (χ1n) is 9.92. The van der Waals surface area contributed by atoms with E-state index < -0.39 is 12.0 Å². The van der Waals surface area contributed by atoms with Gasteiger partial charge in [0.25, 0.3) is 5.56 Å². The molecule has 1 atom stereocenters. The molecule has 1 aliphatic rings. The number of carbonyl (C=O) groups excluding carboxylic acids is 1. The van der Waals surface area contributed by atoms with Gasteiger partial charge in [-0.1, -0.05) is 53.8 Å². The van der Waals surface area contributed by atoms with E-state index in [1.54, 1.807) is 11.5 Å². The van der Waals surface area contributed by atoms with Crippen LogP contribution in [0.2, 0.25) is 0 Å². The Morgan fingerprint density at radius 2 is 1.97 bits per heavy atom. The maximum absolute atomic E-state index is 13.5. The van der Waals surface area contributed by atoms with Gasteiger partial charge in [0.2, 0.25) is 0 Å². The topological polar surface area (TPSA) is 69.9 Å². The van der Waals surface area contributed by atoms with Crippen LogP contribution in [-0.2, 0) is 9.53 Å². The minimum Gasteiger partial charge on any atom is -0.494 e. The Bertz CT molecular complexity index is 1340. The van der Waals surface area contributed by atoms with E-state index in [9.17, 15) is 9.59 Å². The summed E-state index contributed by atoms with van der Waals surface area (Å²) in [5.74, 6) is 0.254. The lowest BCUT2D eigenvalue weighted by Gasteiger charge is -2.24. The number of esters is 1. The van der Waals surface area contributed by atoms with E-state index in [0.29, 0.717) is 27.2 Å². The second-order valence-corrected chi connectivity index (χ2v) is 8.00. The van der Waals surface area contributed by atoms with Crippen LogP contribution >= 0.6 is 11.3 Å². The number of nitrogens with zero attached hydrogens (tertiary/aromatic N) is 2. The molecule has 0 amide bonds. The Hall–Kier alpha value is -3.45. The van der Waals surface area contributed by atoms with Crippen molar-refractivity contribution in [3.8, 4) is 5.75 Å². The molecule has 0 fully saturated rings. The summed E-state index contributed by atoms with van der Waals surface area (Å²) in [5.41, 5.74) is 2.39. The minimum atomic E-state index is -0.596. The van der Waals surface area contributed by atoms with E-state index in [-0.39, 0.29) is 5.56 Å². The highest BCUT2D eigenvalue weighted by Gasteiger charge is 2.32. The van der Waals surface area contributed by atoms with Crippen LogP contribution in [0.15, 0.2) is 75.7 Å². The third-order valence-corrected chi connectivity index (χ3v) is 5.99. The van der Waals surface area contributed by atoms with Gasteiger partial charge in [-0.25, -0.2) is 9.79 Å². The number of fused-ring (bicyclic) bond motifs is 1. The molecule has 31 heavy (non-hydrogen) atoms. The molecule has 1 unspecified atom stereocenters. The van der Waals surface area contributed by atoms with Crippen molar-refractivity contribution in [3.05, 3.63) is 96.7 Å². The fourth-order valence-electron chi connectivity index (χ4n) is 3.66. The number of aromatic nitrogens is 1. The van der Waals surface area contributed by atoms with Crippen molar-refractivity contribution >= 4 is 23.4 Å². The molecule has 7 heteroatoms. The summed E-state index contributed by atoms with van der Waals surface area (Å²) >= 11 is 1.30. The molecule has 1 aliphatic heterocycles. The zero-order valence-electron chi connectivity index (χ0n) is 17.5. The van der Waals surface area contributed by atoms with Crippen molar-refractivity contribution in [1.29, 1.82) is 0 Å². The fraction of sp³-hybridized carbons (Fsp3) is 0.208. The molecule has 1 aromatic heterocycles. The molecule has 4 rings (SSSR count). The average molecular weight is 435 g/mol. The number of carbonyl (C=O) groups is 1. The highest BCUT2D eigenvalue weighted by atomic mass is 32.1. The van der Waals surface area contributed by atoms with E-state index in [1.807, 2.05) is 67.6 Å². The fourth-order valence-corrected chi connectivity index (χ4v) is 4.70. The van der Waals surface area contributed by atoms with E-state index in [2.05, 4.69) is 4.99 Å². The number of hydrogen-bond donors (Lipinski definition) is 0. The second-order valence-electron chi connectivity index (χ2n) is 6.99. The SMILES string of the molecule is CCOc1cccc(/C=c2\sc3n(c2=O)C(c2ccccc2)C(C(=O)OC)=C(C)N=3)c1. The third kappa shape index (κ3) is 3.96. The summed E-state index contributed by atoms with van der Waals surface area (Å²) < 4.78 is 12.7. The number of methoxy groups -OCH3 is 1. The van der Waals surface area contributed by atoms with Crippen molar-refractivity contribution < 1.29 is 14.3 Å². The van der Waals surface area contributed by atoms with Gasteiger partial charge in [-0.15, -0.1) is 0 Å². The van der Waals surface area contributed by atoms with Crippen molar-refractivity contribution in [2.75, 3.05) is 13.7 Å². The van der Waals surface area contributed by atoms with Crippen molar-refractivity contribution in [1.82, 2.24) is 4.57 Å². The standard InChI is InChI=1S/C24H22N2O4S/c1-4-30-18-12-8-9-16(13-18)14-19-22(27)26-21(17-10-6-5-7-11-17)20(23(28)29-3)15(2)25-24(26)31-19/h5-14,21H,4H2,1-3H3/b19-14-. The molecule has 0 aliphatic carbocycles. The van der Waals surface area contributed by atoms with Crippen LogP contribution in [0.3, 0.4) is 0 Å². The molecule has 0 spiro atoms. The third-order valence-electron chi connectivity index (χ3n) is 5.01. The highest BCUT2D eigenvalue weighted by molar-refractivity contribution is 7.07. The highest BCUT2D eigenvalue weighted by Crippen LogP contribution is 2.30. The molecule has 6 nitrogen and oxygen atoms in total. The quantitative estimate of drug-likeness (QED) is 0.579. The second kappa shape index (κ2) is 8.73. The van der Waals surface area contributed by atoms with Gasteiger partial charge in [0.15, 0.2) is 4.80 Å². The monoisotopic (exact) mass is 434 g/mol. The lowest BCUT2D eigenvalue weighted by atomic mass is 9.96. The number of allylic oxidation sites excluding steroid dienone is 1. The van der Waals surface area contributed by atoms with E-state index in [1.165, 1.54) is 18.4 Å². The average Bonchev–Trinajstić information content (AvgIpc) is 3.08. The normalized spacial score (nSPS) is 16.0. The van der Waals surface area contributed by atoms with E-state index in [4.69, 9.17) is 9.47 Å². The Morgan fingerprint density at radius 3 is 2.68 bits per heavy atom. The molecule has 0 saturated carbocycles. The van der Waals surface area contributed by atoms with Crippen LogP contribution in [-0.4, -0.2) is 24.3 Å². The molecule has 0 bridgehead atoms. The first-order valence-corrected chi connectivity index (χ1v) is 10.7. The zero-order valence-corrected chi connectivity index (χ0v) is 18.3.